The number of morpholine rings is 1. The van der Waals surface area contributed by atoms with Crippen molar-refractivity contribution < 1.29 is 9.53 Å². The lowest BCUT2D eigenvalue weighted by Gasteiger charge is -2.35. The van der Waals surface area contributed by atoms with Crippen molar-refractivity contribution in [3.63, 3.8) is 0 Å². The average molecular weight is 303 g/mol. The van der Waals surface area contributed by atoms with E-state index in [-0.39, 0.29) is 12.0 Å². The van der Waals surface area contributed by atoms with Crippen LogP contribution < -0.4 is 0 Å². The summed E-state index contributed by atoms with van der Waals surface area (Å²) in [5.74, 6) is 0.902. The largest absolute Gasteiger partial charge is 0.373 e. The van der Waals surface area contributed by atoms with Gasteiger partial charge in [0.15, 0.2) is 0 Å². The molecule has 1 aromatic heterocycles. The van der Waals surface area contributed by atoms with Crippen molar-refractivity contribution in [2.75, 3.05) is 39.8 Å². The van der Waals surface area contributed by atoms with Crippen LogP contribution in [0.15, 0.2) is 18.3 Å². The first-order valence-corrected chi connectivity index (χ1v) is 8.14. The second kappa shape index (κ2) is 6.75. The minimum Gasteiger partial charge on any atom is -0.373 e. The Morgan fingerprint density at radius 1 is 1.45 bits per heavy atom. The van der Waals surface area contributed by atoms with Crippen LogP contribution in [0, 0.1) is 12.8 Å². The number of hydrogen-bond acceptors (Lipinski definition) is 4. The second-order valence-corrected chi connectivity index (χ2v) is 6.58. The van der Waals surface area contributed by atoms with Gasteiger partial charge in [-0.3, -0.25) is 9.78 Å². The van der Waals surface area contributed by atoms with Crippen molar-refractivity contribution in [2.24, 2.45) is 5.92 Å². The number of nitrogens with zero attached hydrogens (tertiary/aromatic N) is 3. The van der Waals surface area contributed by atoms with E-state index in [9.17, 15) is 4.79 Å². The predicted molar refractivity (Wildman–Crippen MR) is 84.8 cm³/mol. The summed E-state index contributed by atoms with van der Waals surface area (Å²) >= 11 is 0. The summed E-state index contributed by atoms with van der Waals surface area (Å²) in [6, 6.07) is 3.79. The number of carbonyl (C=O) groups excluding carboxylic acids is 1. The molecule has 2 aliphatic rings. The molecule has 0 N–H and O–H groups in total. The van der Waals surface area contributed by atoms with Crippen LogP contribution in [0.3, 0.4) is 0 Å². The molecule has 22 heavy (non-hydrogen) atoms. The van der Waals surface area contributed by atoms with E-state index in [0.717, 1.165) is 24.6 Å². The van der Waals surface area contributed by atoms with Crippen LogP contribution in [0.5, 0.6) is 0 Å². The fourth-order valence-corrected chi connectivity index (χ4v) is 3.04. The maximum atomic E-state index is 12.6. The van der Waals surface area contributed by atoms with Crippen LogP contribution in [-0.4, -0.2) is 66.6 Å². The molecule has 0 spiro atoms. The van der Waals surface area contributed by atoms with E-state index in [1.165, 1.54) is 12.8 Å². The highest BCUT2D eigenvalue weighted by Crippen LogP contribution is 2.29. The van der Waals surface area contributed by atoms with Crippen LogP contribution in [0.2, 0.25) is 0 Å². The summed E-state index contributed by atoms with van der Waals surface area (Å²) in [5, 5.41) is 0. The second-order valence-electron chi connectivity index (χ2n) is 6.58. The van der Waals surface area contributed by atoms with Crippen LogP contribution >= 0.6 is 0 Å². The highest BCUT2D eigenvalue weighted by atomic mass is 16.5. The van der Waals surface area contributed by atoms with Crippen LogP contribution in [-0.2, 0) is 4.74 Å². The molecule has 1 amide bonds. The fourth-order valence-electron chi connectivity index (χ4n) is 3.04. The lowest BCUT2D eigenvalue weighted by Crippen LogP contribution is -2.49. The average Bonchev–Trinajstić information content (AvgIpc) is 3.31. The molecule has 1 aliphatic heterocycles. The standard InChI is InChI=1S/C17H25N3O2/c1-13-4-3-7-18-16(13)17(21)20-8-9-22-15(12-20)11-19(2)10-14-5-6-14/h3-4,7,14-15H,5-6,8-12H2,1-2H3. The van der Waals surface area contributed by atoms with Crippen molar-refractivity contribution in [3.05, 3.63) is 29.6 Å². The van der Waals surface area contributed by atoms with Gasteiger partial charge in [-0.05, 0) is 44.4 Å². The van der Waals surface area contributed by atoms with E-state index >= 15 is 0 Å². The number of carbonyl (C=O) groups is 1. The molecule has 5 heteroatoms. The molecule has 1 saturated carbocycles. The van der Waals surface area contributed by atoms with Gasteiger partial charge in [0, 0.05) is 32.4 Å². The van der Waals surface area contributed by atoms with Crippen LogP contribution in [0.25, 0.3) is 0 Å². The van der Waals surface area contributed by atoms with Crippen molar-refractivity contribution in [1.82, 2.24) is 14.8 Å². The third-order valence-corrected chi connectivity index (χ3v) is 4.42. The molecule has 120 valence electrons. The summed E-state index contributed by atoms with van der Waals surface area (Å²) in [7, 11) is 2.14. The van der Waals surface area contributed by atoms with Gasteiger partial charge in [0.1, 0.15) is 5.69 Å². The van der Waals surface area contributed by atoms with Crippen LogP contribution in [0.4, 0.5) is 0 Å². The Morgan fingerprint density at radius 2 is 2.27 bits per heavy atom. The van der Waals surface area contributed by atoms with Gasteiger partial charge in [-0.15, -0.1) is 0 Å². The smallest absolute Gasteiger partial charge is 0.272 e. The summed E-state index contributed by atoms with van der Waals surface area (Å²) in [6.07, 6.45) is 4.51. The van der Waals surface area contributed by atoms with E-state index in [1.54, 1.807) is 6.20 Å². The Labute approximate surface area is 132 Å². The molecule has 5 nitrogen and oxygen atoms in total. The minimum atomic E-state index is 0.0243. The zero-order valence-corrected chi connectivity index (χ0v) is 13.5. The minimum absolute atomic E-state index is 0.0243. The number of hydrogen-bond donors (Lipinski definition) is 0. The van der Waals surface area contributed by atoms with E-state index in [4.69, 9.17) is 4.74 Å². The number of amides is 1. The van der Waals surface area contributed by atoms with Gasteiger partial charge in [-0.1, -0.05) is 6.07 Å². The van der Waals surface area contributed by atoms with Crippen LogP contribution in [0.1, 0.15) is 28.9 Å². The first kappa shape index (κ1) is 15.4. The molecule has 1 atom stereocenters. The summed E-state index contributed by atoms with van der Waals surface area (Å²) in [6.45, 7) is 5.89. The Hall–Kier alpha value is -1.46. The van der Waals surface area contributed by atoms with Gasteiger partial charge in [-0.25, -0.2) is 0 Å². The molecule has 1 unspecified atom stereocenters. The Bertz CT molecular complexity index is 530. The number of pyridine rings is 1. The van der Waals surface area contributed by atoms with E-state index in [2.05, 4.69) is 16.9 Å². The van der Waals surface area contributed by atoms with Gasteiger partial charge >= 0.3 is 0 Å². The Kier molecular flexibility index (Phi) is 4.74. The van der Waals surface area contributed by atoms with Gasteiger partial charge in [-0.2, -0.15) is 0 Å². The zero-order valence-electron chi connectivity index (χ0n) is 13.5. The highest BCUT2D eigenvalue weighted by molar-refractivity contribution is 5.93. The number of rotatable bonds is 5. The zero-order chi connectivity index (χ0) is 15.5. The molecule has 1 aliphatic carbocycles. The SMILES string of the molecule is Cc1cccnc1C(=O)N1CCOC(CN(C)CC2CC2)C1. The number of ether oxygens (including phenoxy) is 1. The molecule has 0 aromatic carbocycles. The third-order valence-electron chi connectivity index (χ3n) is 4.42. The maximum absolute atomic E-state index is 12.6. The van der Waals surface area contributed by atoms with Crippen molar-refractivity contribution in [1.29, 1.82) is 0 Å². The van der Waals surface area contributed by atoms with Crippen molar-refractivity contribution in [2.45, 2.75) is 25.9 Å². The van der Waals surface area contributed by atoms with Crippen molar-refractivity contribution >= 4 is 5.91 Å². The predicted octanol–water partition coefficient (Wildman–Crippen LogP) is 1.57. The molecule has 1 saturated heterocycles. The molecular formula is C17H25N3O2. The van der Waals surface area contributed by atoms with E-state index < -0.39 is 0 Å². The highest BCUT2D eigenvalue weighted by Gasteiger charge is 2.29. The third kappa shape index (κ3) is 3.84. The normalized spacial score (nSPS) is 22.1. The first-order valence-electron chi connectivity index (χ1n) is 8.14. The quantitative estimate of drug-likeness (QED) is 0.828. The number of aromatic nitrogens is 1. The summed E-state index contributed by atoms with van der Waals surface area (Å²) < 4.78 is 5.84. The van der Waals surface area contributed by atoms with Crippen molar-refractivity contribution in [3.8, 4) is 0 Å². The Balaban J connectivity index is 1.57. The molecule has 1 aromatic rings. The molecular weight excluding hydrogens is 278 g/mol. The lowest BCUT2D eigenvalue weighted by molar-refractivity contribution is -0.0335. The summed E-state index contributed by atoms with van der Waals surface area (Å²) in [4.78, 5) is 21.1. The molecule has 2 fully saturated rings. The maximum Gasteiger partial charge on any atom is 0.272 e. The lowest BCUT2D eigenvalue weighted by atomic mass is 10.1. The Morgan fingerprint density at radius 3 is 3.00 bits per heavy atom. The molecule has 2 heterocycles. The van der Waals surface area contributed by atoms with E-state index in [1.807, 2.05) is 24.0 Å². The fraction of sp³-hybridized carbons (Fsp3) is 0.647. The van der Waals surface area contributed by atoms with Gasteiger partial charge in [0.2, 0.25) is 0 Å². The summed E-state index contributed by atoms with van der Waals surface area (Å²) in [5.41, 5.74) is 1.50. The molecule has 0 bridgehead atoms. The van der Waals surface area contributed by atoms with Gasteiger partial charge in [0.05, 0.1) is 12.7 Å². The van der Waals surface area contributed by atoms with Gasteiger partial charge < -0.3 is 14.5 Å². The number of likely N-dealkylation sites (N-methyl/N-ethyl adjacent to an activating group) is 1. The monoisotopic (exact) mass is 303 g/mol. The van der Waals surface area contributed by atoms with E-state index in [0.29, 0.717) is 25.4 Å². The number of aryl methyl sites for hydroxylation is 1. The van der Waals surface area contributed by atoms with Gasteiger partial charge in [0.25, 0.3) is 5.91 Å². The molecule has 0 radical (unpaired) electrons. The topological polar surface area (TPSA) is 45.7 Å². The first-order chi connectivity index (χ1) is 10.6. The molecule has 3 rings (SSSR count).